The molecule has 0 bridgehead atoms. The van der Waals surface area contributed by atoms with Crippen LogP contribution in [0.4, 0.5) is 5.69 Å². The van der Waals surface area contributed by atoms with Gasteiger partial charge >= 0.3 is 5.91 Å². The number of Topliss-reactive ketones (excluding diaryl/α,β-unsaturated/α-hetero) is 1. The van der Waals surface area contributed by atoms with Gasteiger partial charge in [0.25, 0.3) is 5.78 Å². The molecule has 0 aliphatic carbocycles. The van der Waals surface area contributed by atoms with Gasteiger partial charge in [0.1, 0.15) is 5.01 Å². The SMILES string of the molecule is O=C1C(=O)N(CN2CCCC[C@H]2c2nc3ccccc3s2)c2ccc(Cl)cc21. The smallest absolute Gasteiger partial charge is 0.291 e. The van der Waals surface area contributed by atoms with Crippen LogP contribution in [0.3, 0.4) is 0 Å². The first-order valence-corrected chi connectivity index (χ1v) is 10.6. The molecule has 3 heterocycles. The number of hydrogen-bond donors (Lipinski definition) is 0. The Morgan fingerprint density at radius 2 is 2.00 bits per heavy atom. The average molecular weight is 412 g/mol. The van der Waals surface area contributed by atoms with Gasteiger partial charge in [0, 0.05) is 11.6 Å². The van der Waals surface area contributed by atoms with Crippen molar-refractivity contribution in [1.82, 2.24) is 9.88 Å². The van der Waals surface area contributed by atoms with E-state index in [1.54, 1.807) is 34.4 Å². The number of nitrogens with zero attached hydrogens (tertiary/aromatic N) is 3. The van der Waals surface area contributed by atoms with Gasteiger partial charge in [-0.25, -0.2) is 4.98 Å². The largest absolute Gasteiger partial charge is 0.300 e. The molecule has 0 radical (unpaired) electrons. The van der Waals surface area contributed by atoms with Crippen molar-refractivity contribution in [2.45, 2.75) is 25.3 Å². The van der Waals surface area contributed by atoms with Crippen molar-refractivity contribution in [3.05, 3.63) is 58.1 Å². The van der Waals surface area contributed by atoms with Gasteiger partial charge < -0.3 is 0 Å². The molecular weight excluding hydrogens is 394 g/mol. The second-order valence-corrected chi connectivity index (χ2v) is 8.71. The summed E-state index contributed by atoms with van der Waals surface area (Å²) >= 11 is 7.73. The van der Waals surface area contributed by atoms with Gasteiger partial charge in [-0.2, -0.15) is 0 Å². The molecule has 1 atom stereocenters. The van der Waals surface area contributed by atoms with Crippen LogP contribution in [0.5, 0.6) is 0 Å². The maximum atomic E-state index is 12.6. The first kappa shape index (κ1) is 17.8. The van der Waals surface area contributed by atoms with Crippen LogP contribution in [-0.2, 0) is 4.79 Å². The number of ketones is 1. The summed E-state index contributed by atoms with van der Waals surface area (Å²) in [6, 6.07) is 13.4. The van der Waals surface area contributed by atoms with Crippen molar-refractivity contribution in [1.29, 1.82) is 0 Å². The van der Waals surface area contributed by atoms with Crippen LogP contribution in [-0.4, -0.2) is 34.8 Å². The third-order valence-corrected chi connectivity index (χ3v) is 6.84. The molecular formula is C21H18ClN3O2S. The molecule has 2 aliphatic rings. The van der Waals surface area contributed by atoms with Gasteiger partial charge in [-0.05, 0) is 43.2 Å². The summed E-state index contributed by atoms with van der Waals surface area (Å²) in [6.07, 6.45) is 3.21. The predicted molar refractivity (Wildman–Crippen MR) is 111 cm³/mol. The van der Waals surface area contributed by atoms with E-state index >= 15 is 0 Å². The van der Waals surface area contributed by atoms with Crippen LogP contribution < -0.4 is 4.90 Å². The number of halogens is 1. The lowest BCUT2D eigenvalue weighted by atomic mass is 10.0. The number of thiazole rings is 1. The number of rotatable bonds is 3. The first-order chi connectivity index (χ1) is 13.6. The normalized spacial score (nSPS) is 20.2. The van der Waals surface area contributed by atoms with Gasteiger partial charge in [-0.3, -0.25) is 19.4 Å². The Hall–Kier alpha value is -2.28. The summed E-state index contributed by atoms with van der Waals surface area (Å²) in [6.45, 7) is 1.27. The summed E-state index contributed by atoms with van der Waals surface area (Å²) in [4.78, 5) is 33.7. The van der Waals surface area contributed by atoms with Crippen LogP contribution in [0, 0.1) is 0 Å². The zero-order valence-electron chi connectivity index (χ0n) is 15.1. The molecule has 0 unspecified atom stereocenters. The highest BCUT2D eigenvalue weighted by Crippen LogP contribution is 2.37. The Bertz CT molecular complexity index is 1060. The molecule has 1 saturated heterocycles. The summed E-state index contributed by atoms with van der Waals surface area (Å²) < 4.78 is 1.18. The molecule has 0 spiro atoms. The molecule has 3 aromatic rings. The highest BCUT2D eigenvalue weighted by molar-refractivity contribution is 7.18. The molecule has 142 valence electrons. The van der Waals surface area contributed by atoms with Gasteiger partial charge in [0.15, 0.2) is 0 Å². The Kier molecular flexibility index (Phi) is 4.42. The van der Waals surface area contributed by atoms with Crippen molar-refractivity contribution in [2.75, 3.05) is 18.1 Å². The Labute approximate surface area is 171 Å². The molecule has 2 aromatic carbocycles. The first-order valence-electron chi connectivity index (χ1n) is 9.37. The van der Waals surface area contributed by atoms with Crippen molar-refractivity contribution < 1.29 is 9.59 Å². The number of carbonyl (C=O) groups is 2. The second-order valence-electron chi connectivity index (χ2n) is 7.21. The lowest BCUT2D eigenvalue weighted by Gasteiger charge is -2.36. The van der Waals surface area contributed by atoms with Crippen LogP contribution in [0.15, 0.2) is 42.5 Å². The minimum Gasteiger partial charge on any atom is -0.291 e. The highest BCUT2D eigenvalue weighted by Gasteiger charge is 2.38. The molecule has 1 aromatic heterocycles. The van der Waals surface area contributed by atoms with Crippen LogP contribution in [0.1, 0.15) is 40.7 Å². The van der Waals surface area contributed by atoms with Crippen LogP contribution >= 0.6 is 22.9 Å². The summed E-state index contributed by atoms with van der Waals surface area (Å²) in [5, 5.41) is 1.54. The third kappa shape index (κ3) is 2.92. The number of benzene rings is 2. The zero-order valence-corrected chi connectivity index (χ0v) is 16.7. The molecule has 7 heteroatoms. The van der Waals surface area contributed by atoms with Crippen molar-refractivity contribution in [2.24, 2.45) is 0 Å². The number of aromatic nitrogens is 1. The Balaban J connectivity index is 1.46. The molecule has 0 saturated carbocycles. The van der Waals surface area contributed by atoms with E-state index in [4.69, 9.17) is 16.6 Å². The topological polar surface area (TPSA) is 53.5 Å². The van der Waals surface area contributed by atoms with Gasteiger partial charge in [0.2, 0.25) is 0 Å². The van der Waals surface area contributed by atoms with E-state index in [9.17, 15) is 9.59 Å². The van der Waals surface area contributed by atoms with Gasteiger partial charge in [-0.1, -0.05) is 30.2 Å². The Morgan fingerprint density at radius 3 is 2.86 bits per heavy atom. The van der Waals surface area contributed by atoms with E-state index in [0.717, 1.165) is 36.3 Å². The molecule has 1 amide bonds. The Morgan fingerprint density at radius 1 is 1.14 bits per heavy atom. The molecule has 1 fully saturated rings. The monoisotopic (exact) mass is 411 g/mol. The van der Waals surface area contributed by atoms with E-state index in [1.807, 2.05) is 18.2 Å². The quantitative estimate of drug-likeness (QED) is 0.588. The van der Waals surface area contributed by atoms with Crippen molar-refractivity contribution in [3.8, 4) is 0 Å². The second kappa shape index (κ2) is 6.95. The van der Waals surface area contributed by atoms with E-state index in [1.165, 1.54) is 4.70 Å². The fourth-order valence-corrected chi connectivity index (χ4v) is 5.38. The number of anilines is 1. The zero-order chi connectivity index (χ0) is 19.3. The lowest BCUT2D eigenvalue weighted by molar-refractivity contribution is -0.114. The third-order valence-electron chi connectivity index (χ3n) is 5.47. The predicted octanol–water partition coefficient (Wildman–Crippen LogP) is 4.66. The van der Waals surface area contributed by atoms with Crippen molar-refractivity contribution >= 4 is 50.5 Å². The standard InChI is InChI=1S/C21H18ClN3O2S/c22-13-8-9-16-14(11-13)19(26)21(27)25(16)12-24-10-4-3-6-17(24)20-23-15-5-1-2-7-18(15)28-20/h1-2,5,7-9,11,17H,3-4,6,10,12H2/t17-/m0/s1. The molecule has 5 nitrogen and oxygen atoms in total. The maximum absolute atomic E-state index is 12.6. The van der Waals surface area contributed by atoms with E-state index < -0.39 is 11.7 Å². The minimum atomic E-state index is -0.481. The number of fused-ring (bicyclic) bond motifs is 2. The average Bonchev–Trinajstić information content (AvgIpc) is 3.24. The molecule has 5 rings (SSSR count). The number of amides is 1. The fraction of sp³-hybridized carbons (Fsp3) is 0.286. The fourth-order valence-electron chi connectivity index (χ4n) is 4.07. The van der Waals surface area contributed by atoms with E-state index in [0.29, 0.717) is 22.9 Å². The lowest BCUT2D eigenvalue weighted by Crippen LogP contribution is -2.44. The van der Waals surface area contributed by atoms with Crippen LogP contribution in [0.2, 0.25) is 5.02 Å². The number of piperidine rings is 1. The number of hydrogen-bond acceptors (Lipinski definition) is 5. The van der Waals surface area contributed by atoms with Gasteiger partial charge in [-0.15, -0.1) is 11.3 Å². The van der Waals surface area contributed by atoms with Gasteiger partial charge in [0.05, 0.1) is 34.2 Å². The molecule has 0 N–H and O–H groups in total. The van der Waals surface area contributed by atoms with Crippen molar-refractivity contribution in [3.63, 3.8) is 0 Å². The number of para-hydroxylation sites is 1. The number of likely N-dealkylation sites (tertiary alicyclic amines) is 1. The summed E-state index contributed by atoms with van der Waals surface area (Å²) in [7, 11) is 0. The van der Waals surface area contributed by atoms with Crippen LogP contribution in [0.25, 0.3) is 10.2 Å². The summed E-state index contributed by atoms with van der Waals surface area (Å²) in [5.74, 6) is -0.961. The molecule has 28 heavy (non-hydrogen) atoms. The minimum absolute atomic E-state index is 0.158. The summed E-state index contributed by atoms with van der Waals surface area (Å²) in [5.41, 5.74) is 2.06. The van der Waals surface area contributed by atoms with E-state index in [2.05, 4.69) is 11.0 Å². The van der Waals surface area contributed by atoms with E-state index in [-0.39, 0.29) is 6.04 Å². The number of carbonyl (C=O) groups excluding carboxylic acids is 2. The maximum Gasteiger partial charge on any atom is 0.300 e. The highest BCUT2D eigenvalue weighted by atomic mass is 35.5. The molecule has 2 aliphatic heterocycles.